The maximum absolute atomic E-state index is 6.08. The van der Waals surface area contributed by atoms with E-state index in [0.29, 0.717) is 11.2 Å². The van der Waals surface area contributed by atoms with Crippen LogP contribution >= 0.6 is 11.6 Å². The molecule has 100 valence electrons. The fraction of sp³-hybridized carbons (Fsp3) is 0.692. The molecule has 0 spiro atoms. The van der Waals surface area contributed by atoms with Crippen molar-refractivity contribution in [3.05, 3.63) is 17.0 Å². The van der Waals surface area contributed by atoms with Crippen molar-refractivity contribution < 1.29 is 4.74 Å². The van der Waals surface area contributed by atoms with Crippen molar-refractivity contribution in [2.75, 3.05) is 18.1 Å². The molecule has 1 fully saturated rings. The number of ether oxygens (including phenoxy) is 1. The summed E-state index contributed by atoms with van der Waals surface area (Å²) in [6.07, 6.45) is 2.11. The van der Waals surface area contributed by atoms with Crippen molar-refractivity contribution in [2.45, 2.75) is 45.8 Å². The lowest BCUT2D eigenvalue weighted by Gasteiger charge is -2.37. The van der Waals surface area contributed by atoms with Gasteiger partial charge in [-0.2, -0.15) is 0 Å². The number of hydrogen-bond donors (Lipinski definition) is 0. The first-order chi connectivity index (χ1) is 8.60. The van der Waals surface area contributed by atoms with Gasteiger partial charge in [0.25, 0.3) is 0 Å². The number of aromatic nitrogens is 2. The lowest BCUT2D eigenvalue weighted by Crippen LogP contribution is -2.47. The summed E-state index contributed by atoms with van der Waals surface area (Å²) in [7, 11) is 0. The average molecular weight is 270 g/mol. The van der Waals surface area contributed by atoms with Crippen LogP contribution in [0.5, 0.6) is 0 Å². The Morgan fingerprint density at radius 2 is 2.22 bits per heavy atom. The van der Waals surface area contributed by atoms with Gasteiger partial charge in [0, 0.05) is 19.0 Å². The van der Waals surface area contributed by atoms with Crippen molar-refractivity contribution in [3.8, 4) is 0 Å². The van der Waals surface area contributed by atoms with Gasteiger partial charge in [0.05, 0.1) is 18.8 Å². The minimum Gasteiger partial charge on any atom is -0.375 e. The van der Waals surface area contributed by atoms with Crippen molar-refractivity contribution >= 4 is 17.4 Å². The molecule has 1 aliphatic heterocycles. The van der Waals surface area contributed by atoms with E-state index in [1.54, 1.807) is 0 Å². The molecule has 0 saturated carbocycles. The Balaban J connectivity index is 2.25. The van der Waals surface area contributed by atoms with Gasteiger partial charge >= 0.3 is 0 Å². The zero-order valence-corrected chi connectivity index (χ0v) is 11.9. The number of hydrogen-bond acceptors (Lipinski definition) is 4. The molecule has 18 heavy (non-hydrogen) atoms. The summed E-state index contributed by atoms with van der Waals surface area (Å²) < 4.78 is 5.63. The summed E-state index contributed by atoms with van der Waals surface area (Å²) in [6, 6.07) is 2.16. The van der Waals surface area contributed by atoms with Crippen LogP contribution < -0.4 is 4.90 Å². The number of nitrogens with zero attached hydrogens (tertiary/aromatic N) is 3. The van der Waals surface area contributed by atoms with Crippen LogP contribution in [-0.2, 0) is 11.2 Å². The lowest BCUT2D eigenvalue weighted by atomic mass is 10.2. The van der Waals surface area contributed by atoms with Gasteiger partial charge in [0.15, 0.2) is 0 Å². The second-order valence-corrected chi connectivity index (χ2v) is 5.25. The van der Waals surface area contributed by atoms with E-state index in [-0.39, 0.29) is 6.10 Å². The molecule has 2 heterocycles. The third-order valence-corrected chi connectivity index (χ3v) is 3.30. The Kier molecular flexibility index (Phi) is 4.40. The monoisotopic (exact) mass is 269 g/mol. The SMILES string of the molecule is CCCc1nc(Cl)cc(N2CC(C)OCC2C)n1. The number of morpholine rings is 1. The van der Waals surface area contributed by atoms with Gasteiger partial charge in [-0.15, -0.1) is 0 Å². The molecule has 1 aromatic rings. The summed E-state index contributed by atoms with van der Waals surface area (Å²) >= 11 is 6.08. The Labute approximate surface area is 113 Å². The van der Waals surface area contributed by atoms with E-state index in [2.05, 4.69) is 35.6 Å². The molecule has 1 aromatic heterocycles. The number of anilines is 1. The topological polar surface area (TPSA) is 38.2 Å². The second kappa shape index (κ2) is 5.85. The first-order valence-corrected chi connectivity index (χ1v) is 6.89. The highest BCUT2D eigenvalue weighted by molar-refractivity contribution is 6.29. The van der Waals surface area contributed by atoms with E-state index in [1.807, 2.05) is 6.07 Å². The Morgan fingerprint density at radius 3 is 2.94 bits per heavy atom. The van der Waals surface area contributed by atoms with Crippen molar-refractivity contribution in [1.82, 2.24) is 9.97 Å². The van der Waals surface area contributed by atoms with Crippen molar-refractivity contribution in [3.63, 3.8) is 0 Å². The summed E-state index contributed by atoms with van der Waals surface area (Å²) in [5.41, 5.74) is 0. The highest BCUT2D eigenvalue weighted by Gasteiger charge is 2.25. The fourth-order valence-electron chi connectivity index (χ4n) is 2.16. The Bertz CT molecular complexity index is 413. The maximum Gasteiger partial charge on any atom is 0.134 e. The highest BCUT2D eigenvalue weighted by atomic mass is 35.5. The molecule has 0 amide bonds. The summed E-state index contributed by atoms with van der Waals surface area (Å²) in [5.74, 6) is 1.74. The third-order valence-electron chi connectivity index (χ3n) is 3.10. The third kappa shape index (κ3) is 3.12. The normalized spacial score (nSPS) is 24.3. The zero-order chi connectivity index (χ0) is 13.1. The molecule has 0 aromatic carbocycles. The van der Waals surface area contributed by atoms with Crippen LogP contribution in [0.2, 0.25) is 5.15 Å². The molecule has 5 heteroatoms. The lowest BCUT2D eigenvalue weighted by molar-refractivity contribution is 0.0340. The Hall–Kier alpha value is -0.870. The van der Waals surface area contributed by atoms with Gasteiger partial charge in [-0.1, -0.05) is 18.5 Å². The molecule has 2 atom stereocenters. The molecule has 1 aliphatic rings. The molecule has 2 rings (SSSR count). The maximum atomic E-state index is 6.08. The summed E-state index contributed by atoms with van der Waals surface area (Å²) in [4.78, 5) is 11.1. The molecule has 2 unspecified atom stereocenters. The largest absolute Gasteiger partial charge is 0.375 e. The number of halogens is 1. The standard InChI is InChI=1S/C13H20ClN3O/c1-4-5-12-15-11(14)6-13(16-12)17-7-10(3)18-8-9(17)2/h6,9-10H,4-5,7-8H2,1-3H3. The zero-order valence-electron chi connectivity index (χ0n) is 11.2. The van der Waals surface area contributed by atoms with E-state index in [1.165, 1.54) is 0 Å². The number of aryl methyl sites for hydroxylation is 1. The molecule has 0 bridgehead atoms. The first kappa shape index (κ1) is 13.6. The summed E-state index contributed by atoms with van der Waals surface area (Å²) in [5, 5.41) is 0.523. The number of rotatable bonds is 3. The fourth-order valence-corrected chi connectivity index (χ4v) is 2.35. The van der Waals surface area contributed by atoms with E-state index in [4.69, 9.17) is 16.3 Å². The minimum atomic E-state index is 0.226. The molecule has 0 aliphatic carbocycles. The van der Waals surface area contributed by atoms with Crippen molar-refractivity contribution in [2.24, 2.45) is 0 Å². The van der Waals surface area contributed by atoms with E-state index < -0.39 is 0 Å². The van der Waals surface area contributed by atoms with E-state index in [0.717, 1.165) is 37.6 Å². The summed E-state index contributed by atoms with van der Waals surface area (Å²) in [6.45, 7) is 7.91. The van der Waals surface area contributed by atoms with Gasteiger partial charge in [0.1, 0.15) is 16.8 Å². The van der Waals surface area contributed by atoms with Crippen LogP contribution in [0.3, 0.4) is 0 Å². The van der Waals surface area contributed by atoms with E-state index >= 15 is 0 Å². The van der Waals surface area contributed by atoms with Crippen LogP contribution in [0.25, 0.3) is 0 Å². The van der Waals surface area contributed by atoms with E-state index in [9.17, 15) is 0 Å². The van der Waals surface area contributed by atoms with Crippen LogP contribution in [0.15, 0.2) is 6.07 Å². The van der Waals surface area contributed by atoms with Crippen LogP contribution in [0.4, 0.5) is 5.82 Å². The predicted molar refractivity (Wildman–Crippen MR) is 73.3 cm³/mol. The van der Waals surface area contributed by atoms with Crippen LogP contribution in [-0.4, -0.2) is 35.3 Å². The Morgan fingerprint density at radius 1 is 1.44 bits per heavy atom. The highest BCUT2D eigenvalue weighted by Crippen LogP contribution is 2.22. The minimum absolute atomic E-state index is 0.226. The first-order valence-electron chi connectivity index (χ1n) is 6.52. The molecule has 0 N–H and O–H groups in total. The van der Waals surface area contributed by atoms with Gasteiger partial charge in [-0.3, -0.25) is 0 Å². The molecule has 1 saturated heterocycles. The van der Waals surface area contributed by atoms with Gasteiger partial charge in [0.2, 0.25) is 0 Å². The molecular weight excluding hydrogens is 250 g/mol. The van der Waals surface area contributed by atoms with Gasteiger partial charge < -0.3 is 9.64 Å². The molecule has 0 radical (unpaired) electrons. The van der Waals surface area contributed by atoms with Gasteiger partial charge in [-0.05, 0) is 20.3 Å². The predicted octanol–water partition coefficient (Wildman–Crippen LogP) is 2.70. The van der Waals surface area contributed by atoms with Gasteiger partial charge in [-0.25, -0.2) is 9.97 Å². The van der Waals surface area contributed by atoms with Crippen LogP contribution in [0, 0.1) is 0 Å². The molecule has 4 nitrogen and oxygen atoms in total. The smallest absolute Gasteiger partial charge is 0.134 e. The second-order valence-electron chi connectivity index (χ2n) is 4.86. The van der Waals surface area contributed by atoms with Crippen molar-refractivity contribution in [1.29, 1.82) is 0 Å². The average Bonchev–Trinajstić information content (AvgIpc) is 2.32. The van der Waals surface area contributed by atoms with Crippen LogP contribution in [0.1, 0.15) is 33.0 Å². The quantitative estimate of drug-likeness (QED) is 0.791. The molecular formula is C13H20ClN3O.